The van der Waals surface area contributed by atoms with Crippen LogP contribution in [0.1, 0.15) is 5.82 Å². The fourth-order valence-electron chi connectivity index (χ4n) is 2.22. The SMILES string of the molecule is Cn1ncc2c1ncn1nc(COc3ccc(F)cc3)nc21. The van der Waals surface area contributed by atoms with Crippen molar-refractivity contribution in [3.05, 3.63) is 48.4 Å². The Hall–Kier alpha value is -3.03. The number of ether oxygens (including phenoxy) is 1. The highest BCUT2D eigenvalue weighted by atomic mass is 19.1. The molecular formula is C14H11FN6O. The molecule has 4 rings (SSSR count). The van der Waals surface area contributed by atoms with Crippen LogP contribution in [0.4, 0.5) is 4.39 Å². The van der Waals surface area contributed by atoms with Gasteiger partial charge in [0.25, 0.3) is 0 Å². The quantitative estimate of drug-likeness (QED) is 0.576. The highest BCUT2D eigenvalue weighted by Gasteiger charge is 2.11. The Morgan fingerprint density at radius 3 is 2.82 bits per heavy atom. The van der Waals surface area contributed by atoms with Crippen LogP contribution in [-0.4, -0.2) is 29.4 Å². The normalized spacial score (nSPS) is 11.4. The fraction of sp³-hybridized carbons (Fsp3) is 0.143. The number of fused-ring (bicyclic) bond motifs is 3. The van der Waals surface area contributed by atoms with E-state index in [4.69, 9.17) is 4.74 Å². The smallest absolute Gasteiger partial charge is 0.189 e. The van der Waals surface area contributed by atoms with Gasteiger partial charge in [-0.3, -0.25) is 4.68 Å². The number of rotatable bonds is 3. The Balaban J connectivity index is 1.65. The summed E-state index contributed by atoms with van der Waals surface area (Å²) in [5.41, 5.74) is 1.42. The van der Waals surface area contributed by atoms with Gasteiger partial charge < -0.3 is 4.74 Å². The van der Waals surface area contributed by atoms with E-state index in [1.54, 1.807) is 33.9 Å². The Bertz CT molecular complexity index is 959. The standard InChI is InChI=1S/C14H11FN6O/c1-20-13-11(6-17-20)14-18-12(19-21(14)8-16-13)7-22-10-4-2-9(15)3-5-10/h2-6,8H,7H2,1H3. The van der Waals surface area contributed by atoms with Crippen LogP contribution < -0.4 is 4.74 Å². The van der Waals surface area contributed by atoms with Gasteiger partial charge in [-0.15, -0.1) is 5.10 Å². The van der Waals surface area contributed by atoms with E-state index in [2.05, 4.69) is 20.2 Å². The molecule has 1 aromatic carbocycles. The molecule has 110 valence electrons. The first-order valence-corrected chi connectivity index (χ1v) is 6.61. The van der Waals surface area contributed by atoms with Crippen LogP contribution in [0.3, 0.4) is 0 Å². The molecule has 8 heteroatoms. The van der Waals surface area contributed by atoms with E-state index in [1.807, 2.05) is 7.05 Å². The molecule has 0 radical (unpaired) electrons. The summed E-state index contributed by atoms with van der Waals surface area (Å²) in [6, 6.07) is 5.81. The minimum absolute atomic E-state index is 0.190. The molecule has 0 unspecified atom stereocenters. The summed E-state index contributed by atoms with van der Waals surface area (Å²) < 4.78 is 21.7. The van der Waals surface area contributed by atoms with Gasteiger partial charge in [-0.25, -0.2) is 18.9 Å². The highest BCUT2D eigenvalue weighted by Crippen LogP contribution is 2.16. The maximum atomic E-state index is 12.8. The van der Waals surface area contributed by atoms with Crippen LogP contribution in [0.15, 0.2) is 36.8 Å². The van der Waals surface area contributed by atoms with Gasteiger partial charge in [0.2, 0.25) is 0 Å². The highest BCUT2D eigenvalue weighted by molar-refractivity contribution is 5.88. The zero-order valence-corrected chi connectivity index (χ0v) is 11.6. The maximum absolute atomic E-state index is 12.8. The number of halogens is 1. The van der Waals surface area contributed by atoms with Crippen LogP contribution in [0, 0.1) is 5.82 Å². The molecule has 0 fully saturated rings. The van der Waals surface area contributed by atoms with E-state index in [9.17, 15) is 4.39 Å². The largest absolute Gasteiger partial charge is 0.486 e. The zero-order chi connectivity index (χ0) is 15.1. The predicted molar refractivity (Wildman–Crippen MR) is 75.8 cm³/mol. The minimum atomic E-state index is -0.303. The van der Waals surface area contributed by atoms with E-state index in [0.717, 1.165) is 11.0 Å². The topological polar surface area (TPSA) is 70.1 Å². The number of hydrogen-bond donors (Lipinski definition) is 0. The van der Waals surface area contributed by atoms with Gasteiger partial charge in [-0.05, 0) is 24.3 Å². The lowest BCUT2D eigenvalue weighted by Crippen LogP contribution is -1.98. The Kier molecular flexibility index (Phi) is 2.75. The maximum Gasteiger partial charge on any atom is 0.189 e. The van der Waals surface area contributed by atoms with Crippen molar-refractivity contribution in [3.63, 3.8) is 0 Å². The first kappa shape index (κ1) is 12.7. The van der Waals surface area contributed by atoms with Crippen molar-refractivity contribution in [2.45, 2.75) is 6.61 Å². The third-order valence-electron chi connectivity index (χ3n) is 3.29. The van der Waals surface area contributed by atoms with Gasteiger partial charge >= 0.3 is 0 Å². The average molecular weight is 298 g/mol. The molecule has 0 aliphatic carbocycles. The van der Waals surface area contributed by atoms with Gasteiger partial charge in [0, 0.05) is 7.05 Å². The number of nitrogens with zero attached hydrogens (tertiary/aromatic N) is 6. The molecule has 0 amide bonds. The van der Waals surface area contributed by atoms with Crippen LogP contribution in [0.2, 0.25) is 0 Å². The van der Waals surface area contributed by atoms with Gasteiger partial charge in [-0.2, -0.15) is 5.10 Å². The molecule has 4 aromatic rings. The van der Waals surface area contributed by atoms with Gasteiger partial charge in [0.15, 0.2) is 17.1 Å². The second-order valence-electron chi connectivity index (χ2n) is 4.79. The van der Waals surface area contributed by atoms with Gasteiger partial charge in [0.1, 0.15) is 24.5 Å². The van der Waals surface area contributed by atoms with Crippen molar-refractivity contribution < 1.29 is 9.13 Å². The van der Waals surface area contributed by atoms with E-state index >= 15 is 0 Å². The molecule has 0 bridgehead atoms. The molecule has 7 nitrogen and oxygen atoms in total. The molecule has 22 heavy (non-hydrogen) atoms. The second-order valence-corrected chi connectivity index (χ2v) is 4.79. The first-order valence-electron chi connectivity index (χ1n) is 6.61. The van der Waals surface area contributed by atoms with Crippen molar-refractivity contribution in [1.82, 2.24) is 29.4 Å². The van der Waals surface area contributed by atoms with Gasteiger partial charge in [-0.1, -0.05) is 0 Å². The summed E-state index contributed by atoms with van der Waals surface area (Å²) in [6.45, 7) is 0.190. The number of hydrogen-bond acceptors (Lipinski definition) is 5. The predicted octanol–water partition coefficient (Wildman–Crippen LogP) is 1.73. The summed E-state index contributed by atoms with van der Waals surface area (Å²) in [6.07, 6.45) is 3.30. The summed E-state index contributed by atoms with van der Waals surface area (Å²) in [4.78, 5) is 8.73. The van der Waals surface area contributed by atoms with Crippen molar-refractivity contribution in [1.29, 1.82) is 0 Å². The van der Waals surface area contributed by atoms with Crippen molar-refractivity contribution in [3.8, 4) is 5.75 Å². The van der Waals surface area contributed by atoms with E-state index in [0.29, 0.717) is 17.2 Å². The van der Waals surface area contributed by atoms with Crippen LogP contribution in [-0.2, 0) is 13.7 Å². The number of aryl methyl sites for hydroxylation is 1. The molecule has 3 heterocycles. The number of benzene rings is 1. The molecule has 0 aliphatic rings. The molecule has 0 N–H and O–H groups in total. The average Bonchev–Trinajstić information content (AvgIpc) is 3.10. The van der Waals surface area contributed by atoms with Crippen molar-refractivity contribution in [2.75, 3.05) is 0 Å². The second kappa shape index (κ2) is 4.76. The molecule has 3 aromatic heterocycles. The lowest BCUT2D eigenvalue weighted by molar-refractivity contribution is 0.295. The van der Waals surface area contributed by atoms with Crippen molar-refractivity contribution in [2.24, 2.45) is 7.05 Å². The molecule has 0 spiro atoms. The van der Waals surface area contributed by atoms with E-state index in [-0.39, 0.29) is 12.4 Å². The van der Waals surface area contributed by atoms with Gasteiger partial charge in [0.05, 0.1) is 11.6 Å². The lowest BCUT2D eigenvalue weighted by Gasteiger charge is -2.02. The summed E-state index contributed by atoms with van der Waals surface area (Å²) in [5, 5.41) is 9.30. The third kappa shape index (κ3) is 2.05. The summed E-state index contributed by atoms with van der Waals surface area (Å²) >= 11 is 0. The van der Waals surface area contributed by atoms with E-state index < -0.39 is 0 Å². The monoisotopic (exact) mass is 298 g/mol. The third-order valence-corrected chi connectivity index (χ3v) is 3.29. The fourth-order valence-corrected chi connectivity index (χ4v) is 2.22. The van der Waals surface area contributed by atoms with Crippen molar-refractivity contribution >= 4 is 16.7 Å². The van der Waals surface area contributed by atoms with Crippen LogP contribution in [0.5, 0.6) is 5.75 Å². The molecule has 0 saturated carbocycles. The summed E-state index contributed by atoms with van der Waals surface area (Å²) in [5.74, 6) is 0.774. The minimum Gasteiger partial charge on any atom is -0.486 e. The Labute approximate surface area is 124 Å². The lowest BCUT2D eigenvalue weighted by atomic mass is 10.3. The Morgan fingerprint density at radius 1 is 1.18 bits per heavy atom. The number of aromatic nitrogens is 6. The molecule has 0 atom stereocenters. The molecule has 0 aliphatic heterocycles. The van der Waals surface area contributed by atoms with E-state index in [1.165, 1.54) is 12.1 Å². The first-order chi connectivity index (χ1) is 10.7. The van der Waals surface area contributed by atoms with Crippen LogP contribution >= 0.6 is 0 Å². The molecule has 0 saturated heterocycles. The zero-order valence-electron chi connectivity index (χ0n) is 11.6. The van der Waals surface area contributed by atoms with Crippen LogP contribution in [0.25, 0.3) is 16.7 Å². The molecular weight excluding hydrogens is 287 g/mol. The Morgan fingerprint density at radius 2 is 2.00 bits per heavy atom. The summed E-state index contributed by atoms with van der Waals surface area (Å²) in [7, 11) is 1.82.